The largest absolute Gasteiger partial charge is 0.349 e. The number of nitrogens with zero attached hydrogens (tertiary/aromatic N) is 2. The number of thioether (sulfide) groups is 1. The van der Waals surface area contributed by atoms with Crippen molar-refractivity contribution < 1.29 is 9.59 Å². The lowest BCUT2D eigenvalue weighted by molar-refractivity contribution is -0.120. The molecule has 0 spiro atoms. The first-order valence-electron chi connectivity index (χ1n) is 7.27. The average molecular weight is 385 g/mol. The summed E-state index contributed by atoms with van der Waals surface area (Å²) in [6, 6.07) is 6.62. The number of halogens is 1. The molecule has 1 aromatic heterocycles. The van der Waals surface area contributed by atoms with Gasteiger partial charge >= 0.3 is 0 Å². The molecule has 128 valence electrons. The van der Waals surface area contributed by atoms with E-state index in [0.29, 0.717) is 15.7 Å². The fourth-order valence-corrected chi connectivity index (χ4v) is 3.97. The third-order valence-corrected chi connectivity index (χ3v) is 5.17. The topological polar surface area (TPSA) is 84.0 Å². The zero-order valence-corrected chi connectivity index (χ0v) is 15.6. The van der Waals surface area contributed by atoms with Gasteiger partial charge in [-0.15, -0.1) is 10.2 Å². The molecule has 0 radical (unpaired) electrons. The van der Waals surface area contributed by atoms with Crippen LogP contribution in [0, 0.1) is 0 Å². The van der Waals surface area contributed by atoms with Gasteiger partial charge in [-0.2, -0.15) is 0 Å². The summed E-state index contributed by atoms with van der Waals surface area (Å²) in [5.41, 5.74) is 0.698. The van der Waals surface area contributed by atoms with Crippen molar-refractivity contribution in [3.63, 3.8) is 0 Å². The highest BCUT2D eigenvalue weighted by atomic mass is 35.5. The SMILES string of the molecule is CCSc1nnc(NC(=O)C[C@@H](NC(C)=O)c2ccccc2Cl)s1. The van der Waals surface area contributed by atoms with Crippen LogP contribution < -0.4 is 10.6 Å². The molecule has 6 nitrogen and oxygen atoms in total. The molecule has 0 aliphatic rings. The fraction of sp³-hybridized carbons (Fsp3) is 0.333. The predicted octanol–water partition coefficient (Wildman–Crippen LogP) is 3.51. The number of rotatable bonds is 7. The van der Waals surface area contributed by atoms with Gasteiger partial charge in [-0.3, -0.25) is 9.59 Å². The predicted molar refractivity (Wildman–Crippen MR) is 97.6 cm³/mol. The van der Waals surface area contributed by atoms with Crippen LogP contribution in [0.15, 0.2) is 28.6 Å². The molecule has 0 fully saturated rings. The van der Waals surface area contributed by atoms with Crippen LogP contribution in [-0.4, -0.2) is 27.8 Å². The summed E-state index contributed by atoms with van der Waals surface area (Å²) in [5, 5.41) is 14.3. The summed E-state index contributed by atoms with van der Waals surface area (Å²) in [6.07, 6.45) is 0.0547. The Morgan fingerprint density at radius 1 is 1.33 bits per heavy atom. The normalized spacial score (nSPS) is 11.8. The van der Waals surface area contributed by atoms with Crippen LogP contribution in [0.1, 0.15) is 31.9 Å². The lowest BCUT2D eigenvalue weighted by Gasteiger charge is -2.18. The Hall–Kier alpha value is -1.64. The number of anilines is 1. The Kier molecular flexibility index (Phi) is 7.01. The maximum Gasteiger partial charge on any atom is 0.228 e. The van der Waals surface area contributed by atoms with Crippen molar-refractivity contribution >= 4 is 51.6 Å². The molecule has 2 N–H and O–H groups in total. The highest BCUT2D eigenvalue weighted by Gasteiger charge is 2.20. The van der Waals surface area contributed by atoms with Crippen molar-refractivity contribution in [3.8, 4) is 0 Å². The molecule has 0 saturated heterocycles. The van der Waals surface area contributed by atoms with Gasteiger partial charge in [0, 0.05) is 11.9 Å². The van der Waals surface area contributed by atoms with Crippen molar-refractivity contribution in [1.82, 2.24) is 15.5 Å². The van der Waals surface area contributed by atoms with E-state index in [1.54, 1.807) is 30.0 Å². The molecule has 1 atom stereocenters. The Morgan fingerprint density at radius 2 is 2.08 bits per heavy atom. The summed E-state index contributed by atoms with van der Waals surface area (Å²) >= 11 is 9.06. The van der Waals surface area contributed by atoms with E-state index in [9.17, 15) is 9.59 Å². The van der Waals surface area contributed by atoms with Gasteiger partial charge in [0.25, 0.3) is 0 Å². The minimum atomic E-state index is -0.506. The maximum atomic E-state index is 12.3. The van der Waals surface area contributed by atoms with Crippen LogP contribution in [0.4, 0.5) is 5.13 Å². The molecule has 0 aliphatic carbocycles. The molecule has 1 aromatic carbocycles. The summed E-state index contributed by atoms with van der Waals surface area (Å²) in [7, 11) is 0. The molecule has 2 amide bonds. The Balaban J connectivity index is 2.06. The molecular formula is C15H17ClN4O2S2. The van der Waals surface area contributed by atoms with E-state index in [2.05, 4.69) is 20.8 Å². The third kappa shape index (κ3) is 5.47. The van der Waals surface area contributed by atoms with Crippen LogP contribution in [0.3, 0.4) is 0 Å². The van der Waals surface area contributed by atoms with E-state index in [4.69, 9.17) is 11.6 Å². The van der Waals surface area contributed by atoms with Crippen LogP contribution in [0.5, 0.6) is 0 Å². The molecular weight excluding hydrogens is 368 g/mol. The smallest absolute Gasteiger partial charge is 0.228 e. The zero-order valence-electron chi connectivity index (χ0n) is 13.2. The van der Waals surface area contributed by atoms with Crippen LogP contribution >= 0.6 is 34.7 Å². The molecule has 0 unspecified atom stereocenters. The number of carbonyl (C=O) groups excluding carboxylic acids is 2. The van der Waals surface area contributed by atoms with Gasteiger partial charge in [0.15, 0.2) is 4.34 Å². The second kappa shape index (κ2) is 9.00. The second-order valence-electron chi connectivity index (χ2n) is 4.83. The molecule has 0 saturated carbocycles. The molecule has 0 aliphatic heterocycles. The number of benzene rings is 1. The summed E-state index contributed by atoms with van der Waals surface area (Å²) < 4.78 is 0.803. The average Bonchev–Trinajstić information content (AvgIpc) is 2.94. The molecule has 1 heterocycles. The van der Waals surface area contributed by atoms with Crippen LogP contribution in [0.2, 0.25) is 5.02 Å². The standard InChI is InChI=1S/C15H17ClN4O2S2/c1-3-23-15-20-19-14(24-15)18-13(22)8-12(17-9(2)21)10-6-4-5-7-11(10)16/h4-7,12H,3,8H2,1-2H3,(H,17,21)(H,18,19,22)/t12-/m1/s1. The summed E-state index contributed by atoms with van der Waals surface area (Å²) in [5.74, 6) is 0.391. The van der Waals surface area contributed by atoms with Gasteiger partial charge in [0.05, 0.1) is 12.5 Å². The van der Waals surface area contributed by atoms with Gasteiger partial charge in [0.2, 0.25) is 16.9 Å². The Bertz CT molecular complexity index is 723. The van der Waals surface area contributed by atoms with Crippen molar-refractivity contribution in [2.45, 2.75) is 30.6 Å². The molecule has 24 heavy (non-hydrogen) atoms. The van der Waals surface area contributed by atoms with Gasteiger partial charge in [0.1, 0.15) is 0 Å². The number of carbonyl (C=O) groups is 2. The summed E-state index contributed by atoms with van der Waals surface area (Å²) in [6.45, 7) is 3.42. The maximum absolute atomic E-state index is 12.3. The monoisotopic (exact) mass is 384 g/mol. The van der Waals surface area contributed by atoms with Gasteiger partial charge < -0.3 is 10.6 Å². The minimum Gasteiger partial charge on any atom is -0.349 e. The van der Waals surface area contributed by atoms with E-state index in [1.165, 1.54) is 18.3 Å². The number of hydrogen-bond donors (Lipinski definition) is 2. The van der Waals surface area contributed by atoms with E-state index >= 15 is 0 Å². The first-order chi connectivity index (χ1) is 11.5. The first-order valence-corrected chi connectivity index (χ1v) is 9.45. The first kappa shape index (κ1) is 18.7. The highest BCUT2D eigenvalue weighted by Crippen LogP contribution is 2.27. The van der Waals surface area contributed by atoms with Crippen molar-refractivity contribution in [1.29, 1.82) is 0 Å². The van der Waals surface area contributed by atoms with Crippen molar-refractivity contribution in [3.05, 3.63) is 34.9 Å². The van der Waals surface area contributed by atoms with Crippen molar-refractivity contribution in [2.24, 2.45) is 0 Å². The molecule has 2 aromatic rings. The van der Waals surface area contributed by atoms with Gasteiger partial charge in [-0.05, 0) is 17.4 Å². The third-order valence-electron chi connectivity index (χ3n) is 2.97. The van der Waals surface area contributed by atoms with Gasteiger partial charge in [-0.25, -0.2) is 0 Å². The van der Waals surface area contributed by atoms with Crippen molar-refractivity contribution in [2.75, 3.05) is 11.1 Å². The lowest BCUT2D eigenvalue weighted by Crippen LogP contribution is -2.30. The molecule has 0 bridgehead atoms. The number of aromatic nitrogens is 2. The van der Waals surface area contributed by atoms with Gasteiger partial charge in [-0.1, -0.05) is 59.8 Å². The quantitative estimate of drug-likeness (QED) is 0.563. The highest BCUT2D eigenvalue weighted by molar-refractivity contribution is 8.01. The Labute approximate surface area is 153 Å². The number of nitrogens with one attached hydrogen (secondary N) is 2. The fourth-order valence-electron chi connectivity index (χ4n) is 2.04. The second-order valence-corrected chi connectivity index (χ2v) is 7.73. The number of hydrogen-bond acceptors (Lipinski definition) is 6. The number of amides is 2. The minimum absolute atomic E-state index is 0.0547. The van der Waals surface area contributed by atoms with E-state index in [0.717, 1.165) is 10.1 Å². The van der Waals surface area contributed by atoms with E-state index in [-0.39, 0.29) is 18.2 Å². The van der Waals surface area contributed by atoms with E-state index in [1.807, 2.05) is 13.0 Å². The lowest BCUT2D eigenvalue weighted by atomic mass is 10.0. The molecule has 9 heteroatoms. The zero-order chi connectivity index (χ0) is 17.5. The molecule has 2 rings (SSSR count). The van der Waals surface area contributed by atoms with Crippen LogP contribution in [0.25, 0.3) is 0 Å². The van der Waals surface area contributed by atoms with E-state index < -0.39 is 6.04 Å². The Morgan fingerprint density at radius 3 is 2.75 bits per heavy atom. The summed E-state index contributed by atoms with van der Waals surface area (Å²) in [4.78, 5) is 23.7. The van der Waals surface area contributed by atoms with Crippen LogP contribution in [-0.2, 0) is 9.59 Å².